The van der Waals surface area contributed by atoms with Crippen molar-refractivity contribution in [3.05, 3.63) is 35.4 Å². The summed E-state index contributed by atoms with van der Waals surface area (Å²) in [6, 6.07) is 10.2. The van der Waals surface area contributed by atoms with E-state index in [2.05, 4.69) is 43.1 Å². The third kappa shape index (κ3) is 1.88. The van der Waals surface area contributed by atoms with Crippen molar-refractivity contribution in [1.29, 1.82) is 0 Å². The monoisotopic (exact) mass is 245 g/mol. The lowest BCUT2D eigenvalue weighted by Gasteiger charge is -2.42. The molecule has 2 bridgehead atoms. The van der Waals surface area contributed by atoms with Gasteiger partial charge in [-0.05, 0) is 44.7 Å². The van der Waals surface area contributed by atoms with Gasteiger partial charge in [-0.1, -0.05) is 29.8 Å². The van der Waals surface area contributed by atoms with Crippen LogP contribution in [0.5, 0.6) is 0 Å². The third-order valence-corrected chi connectivity index (χ3v) is 5.15. The van der Waals surface area contributed by atoms with Crippen LogP contribution < -0.4 is 0 Å². The van der Waals surface area contributed by atoms with Gasteiger partial charge in [-0.3, -0.25) is 0 Å². The molecule has 0 saturated carbocycles. The molecule has 1 aromatic rings. The fourth-order valence-electron chi connectivity index (χ4n) is 4.02. The van der Waals surface area contributed by atoms with Crippen LogP contribution in [0, 0.1) is 12.8 Å². The van der Waals surface area contributed by atoms with Crippen LogP contribution in [-0.2, 0) is 0 Å². The number of nitrogens with zero attached hydrogens (tertiary/aromatic N) is 1. The molecule has 2 heteroatoms. The minimum absolute atomic E-state index is 0.320. The Hall–Kier alpha value is -0.860. The number of rotatable bonds is 2. The lowest BCUT2D eigenvalue weighted by Crippen LogP contribution is -2.47. The molecule has 3 rings (SSSR count). The summed E-state index contributed by atoms with van der Waals surface area (Å²) in [5, 5.41) is 9.79. The van der Waals surface area contributed by atoms with Gasteiger partial charge in [0.2, 0.25) is 0 Å². The Morgan fingerprint density at radius 2 is 1.94 bits per heavy atom. The standard InChI is InChI=1S/C16H23NO/c1-11-3-5-12(6-4-11)14-9-13-7-8-16(17(13)2)15(14)10-18/h3-6,13-16,18H,7-10H2,1-2H3. The maximum atomic E-state index is 9.79. The molecular weight excluding hydrogens is 222 g/mol. The molecule has 2 nitrogen and oxygen atoms in total. The topological polar surface area (TPSA) is 23.5 Å². The summed E-state index contributed by atoms with van der Waals surface area (Å²) in [6.45, 7) is 2.45. The van der Waals surface area contributed by atoms with E-state index in [4.69, 9.17) is 0 Å². The molecule has 18 heavy (non-hydrogen) atoms. The molecule has 2 fully saturated rings. The van der Waals surface area contributed by atoms with Crippen molar-refractivity contribution in [3.8, 4) is 0 Å². The molecule has 2 saturated heterocycles. The van der Waals surface area contributed by atoms with Crippen LogP contribution in [0.2, 0.25) is 0 Å². The number of fused-ring (bicyclic) bond motifs is 2. The van der Waals surface area contributed by atoms with E-state index in [1.54, 1.807) is 0 Å². The molecule has 0 aromatic heterocycles. The first-order chi connectivity index (χ1) is 8.70. The van der Waals surface area contributed by atoms with E-state index in [0.717, 1.165) is 6.04 Å². The normalized spacial score (nSPS) is 35.9. The zero-order valence-corrected chi connectivity index (χ0v) is 11.3. The van der Waals surface area contributed by atoms with E-state index < -0.39 is 0 Å². The van der Waals surface area contributed by atoms with Crippen LogP contribution in [0.3, 0.4) is 0 Å². The van der Waals surface area contributed by atoms with Crippen molar-refractivity contribution in [3.63, 3.8) is 0 Å². The average molecular weight is 245 g/mol. The van der Waals surface area contributed by atoms with Crippen LogP contribution in [0.15, 0.2) is 24.3 Å². The minimum atomic E-state index is 0.320. The van der Waals surface area contributed by atoms with E-state index in [-0.39, 0.29) is 0 Å². The highest BCUT2D eigenvalue weighted by atomic mass is 16.3. The highest BCUT2D eigenvalue weighted by Gasteiger charge is 2.45. The van der Waals surface area contributed by atoms with Gasteiger partial charge in [0.05, 0.1) is 0 Å². The van der Waals surface area contributed by atoms with Gasteiger partial charge in [-0.2, -0.15) is 0 Å². The van der Waals surface area contributed by atoms with Crippen LogP contribution >= 0.6 is 0 Å². The van der Waals surface area contributed by atoms with Gasteiger partial charge in [-0.15, -0.1) is 0 Å². The Balaban J connectivity index is 1.89. The fourth-order valence-corrected chi connectivity index (χ4v) is 4.02. The summed E-state index contributed by atoms with van der Waals surface area (Å²) in [6.07, 6.45) is 3.77. The van der Waals surface area contributed by atoms with Crippen LogP contribution in [0.25, 0.3) is 0 Å². The van der Waals surface area contributed by atoms with Gasteiger partial charge < -0.3 is 10.0 Å². The van der Waals surface area contributed by atoms with E-state index in [1.807, 2.05) is 0 Å². The maximum absolute atomic E-state index is 9.79. The lowest BCUT2D eigenvalue weighted by atomic mass is 9.76. The number of aliphatic hydroxyl groups is 1. The summed E-state index contributed by atoms with van der Waals surface area (Å²) >= 11 is 0. The largest absolute Gasteiger partial charge is 0.396 e. The number of aryl methyl sites for hydroxylation is 1. The van der Waals surface area contributed by atoms with E-state index >= 15 is 0 Å². The molecule has 98 valence electrons. The third-order valence-electron chi connectivity index (χ3n) is 5.15. The Morgan fingerprint density at radius 1 is 1.22 bits per heavy atom. The highest BCUT2D eigenvalue weighted by Crippen LogP contribution is 2.45. The quantitative estimate of drug-likeness (QED) is 0.865. The van der Waals surface area contributed by atoms with Crippen molar-refractivity contribution in [2.75, 3.05) is 13.7 Å². The van der Waals surface area contributed by atoms with Gasteiger partial charge >= 0.3 is 0 Å². The molecule has 0 radical (unpaired) electrons. The first-order valence-electron chi connectivity index (χ1n) is 7.10. The molecule has 2 aliphatic heterocycles. The highest BCUT2D eigenvalue weighted by molar-refractivity contribution is 5.27. The van der Waals surface area contributed by atoms with Gasteiger partial charge in [0.1, 0.15) is 0 Å². The molecule has 2 aliphatic rings. The van der Waals surface area contributed by atoms with Crippen molar-refractivity contribution in [2.24, 2.45) is 5.92 Å². The predicted molar refractivity (Wildman–Crippen MR) is 73.7 cm³/mol. The predicted octanol–water partition coefficient (Wildman–Crippen LogP) is 2.55. The Bertz CT molecular complexity index is 414. The first-order valence-corrected chi connectivity index (χ1v) is 7.10. The van der Waals surface area contributed by atoms with Crippen molar-refractivity contribution in [1.82, 2.24) is 4.90 Å². The zero-order valence-electron chi connectivity index (χ0n) is 11.3. The SMILES string of the molecule is Cc1ccc(C2CC3CCC(C2CO)N3C)cc1. The summed E-state index contributed by atoms with van der Waals surface area (Å²) in [4.78, 5) is 2.51. The summed E-state index contributed by atoms with van der Waals surface area (Å²) < 4.78 is 0. The summed E-state index contributed by atoms with van der Waals surface area (Å²) in [5.41, 5.74) is 2.74. The molecule has 2 heterocycles. The smallest absolute Gasteiger partial charge is 0.0480 e. The van der Waals surface area contributed by atoms with Crippen LogP contribution in [0.1, 0.15) is 36.3 Å². The number of hydrogen-bond donors (Lipinski definition) is 1. The second-order valence-corrected chi connectivity index (χ2v) is 6.06. The summed E-state index contributed by atoms with van der Waals surface area (Å²) in [5.74, 6) is 0.959. The number of piperidine rings is 1. The molecule has 0 spiro atoms. The minimum Gasteiger partial charge on any atom is -0.396 e. The first kappa shape index (κ1) is 12.2. The van der Waals surface area contributed by atoms with Crippen LogP contribution in [0.4, 0.5) is 0 Å². The zero-order chi connectivity index (χ0) is 12.7. The Kier molecular flexibility index (Phi) is 3.16. The second kappa shape index (κ2) is 4.67. The van der Waals surface area contributed by atoms with Gasteiger partial charge in [-0.25, -0.2) is 0 Å². The van der Waals surface area contributed by atoms with E-state index in [1.165, 1.54) is 30.4 Å². The van der Waals surface area contributed by atoms with Crippen molar-refractivity contribution < 1.29 is 5.11 Å². The summed E-state index contributed by atoms with van der Waals surface area (Å²) in [7, 11) is 2.23. The maximum Gasteiger partial charge on any atom is 0.0480 e. The van der Waals surface area contributed by atoms with Crippen LogP contribution in [-0.4, -0.2) is 35.7 Å². The van der Waals surface area contributed by atoms with E-state index in [9.17, 15) is 5.11 Å². The van der Waals surface area contributed by atoms with Gasteiger partial charge in [0.15, 0.2) is 0 Å². The molecule has 4 unspecified atom stereocenters. The Labute approximate surface area is 110 Å². The van der Waals surface area contributed by atoms with Crippen molar-refractivity contribution >= 4 is 0 Å². The Morgan fingerprint density at radius 3 is 2.61 bits per heavy atom. The molecular formula is C16H23NO. The lowest BCUT2D eigenvalue weighted by molar-refractivity contribution is 0.0592. The molecule has 0 aliphatic carbocycles. The number of aliphatic hydroxyl groups excluding tert-OH is 1. The molecule has 0 amide bonds. The second-order valence-electron chi connectivity index (χ2n) is 6.06. The molecule has 1 N–H and O–H groups in total. The van der Waals surface area contributed by atoms with Gasteiger partial charge in [0, 0.05) is 24.6 Å². The van der Waals surface area contributed by atoms with E-state index in [0.29, 0.717) is 24.5 Å². The fraction of sp³-hybridized carbons (Fsp3) is 0.625. The number of hydrogen-bond acceptors (Lipinski definition) is 2. The molecule has 4 atom stereocenters. The molecule has 1 aromatic carbocycles. The van der Waals surface area contributed by atoms with Gasteiger partial charge in [0.25, 0.3) is 0 Å². The number of benzene rings is 1. The average Bonchev–Trinajstić information content (AvgIpc) is 2.63. The van der Waals surface area contributed by atoms with Crippen molar-refractivity contribution in [2.45, 2.75) is 44.2 Å².